The second-order valence-electron chi connectivity index (χ2n) is 37.6. The molecular weight excluding hydrogens is 1740 g/mol. The van der Waals surface area contributed by atoms with Gasteiger partial charge in [0.1, 0.15) is 28.6 Å². The van der Waals surface area contributed by atoms with Crippen molar-refractivity contribution in [1.82, 2.24) is 0 Å². The molecule has 2 aliphatic rings. The Hall–Kier alpha value is -18.6. The average molecular weight is 1830 g/mol. The van der Waals surface area contributed by atoms with Gasteiger partial charge in [-0.2, -0.15) is 0 Å². The summed E-state index contributed by atoms with van der Waals surface area (Å²) in [6.07, 6.45) is 0. The normalized spacial score (nSPS) is 11.7. The fraction of sp³-hybridized carbons (Fsp3) is 0.0294. The quantitative estimate of drug-likeness (QED) is 0.0842. The second-order valence-corrected chi connectivity index (χ2v) is 37.6. The number of hydrogen-bond donors (Lipinski definition) is 0. The van der Waals surface area contributed by atoms with Crippen molar-refractivity contribution in [1.29, 1.82) is 0 Å². The van der Waals surface area contributed by atoms with Gasteiger partial charge in [-0.3, -0.25) is 0 Å². The van der Waals surface area contributed by atoms with Gasteiger partial charge < -0.3 is 33.5 Å². The summed E-state index contributed by atoms with van der Waals surface area (Å²) in [7, 11) is 0. The Morgan fingerprint density at radius 2 is 0.448 bits per heavy atom. The van der Waals surface area contributed by atoms with Crippen LogP contribution in [0.5, 0.6) is 23.0 Å². The first-order valence-electron chi connectivity index (χ1n) is 49.0. The Labute approximate surface area is 830 Å². The van der Waals surface area contributed by atoms with Gasteiger partial charge in [0.05, 0.1) is 28.4 Å². The zero-order valence-electron chi connectivity index (χ0n) is 79.4. The van der Waals surface area contributed by atoms with Gasteiger partial charge in [0, 0.05) is 101 Å². The molecule has 0 bridgehead atoms. The minimum absolute atomic E-state index is 0.817. The maximum absolute atomic E-state index is 7.09. The molecule has 0 amide bonds. The molecule has 0 fully saturated rings. The SMILES string of the molecule is Cc1ccc2c(-c3ccc(N(c4ccccc4)c4ccccc4-c4ccccc4)cc3)cc3c4cc(C)cc5c4c(cc3c2c1)-c1ccc(N(c2ccccc2)c2cccc3c2oc2ccccc23)cc1O5.Cc1ccc2c(-c3ccc(N(c4ccccc4)c4ccccc4-c4ccccc4)cc3)cc3c4cc(C)cc5c4c(cc3c2c1)-c1ccc(N(c2ccccc2)c2ccccc2-c2ccccc2)cc1O5. The number of fused-ring (bicyclic) bond motifs is 15. The van der Waals surface area contributed by atoms with Crippen molar-refractivity contribution in [3.8, 4) is 101 Å². The number of aryl methyl sites for hydroxylation is 4. The molecule has 7 heteroatoms. The molecule has 0 aliphatic carbocycles. The van der Waals surface area contributed by atoms with Gasteiger partial charge in [-0.25, -0.2) is 0 Å². The lowest BCUT2D eigenvalue weighted by Crippen LogP contribution is -2.11. The fourth-order valence-electron chi connectivity index (χ4n) is 22.1. The summed E-state index contributed by atoms with van der Waals surface area (Å²) < 4.78 is 20.8. The minimum atomic E-state index is 0.817. The van der Waals surface area contributed by atoms with E-state index in [9.17, 15) is 0 Å². The molecule has 0 saturated carbocycles. The molecule has 24 aromatic carbocycles. The highest BCUT2D eigenvalue weighted by Gasteiger charge is 2.32. The highest BCUT2D eigenvalue weighted by atomic mass is 16.5. The lowest BCUT2D eigenvalue weighted by atomic mass is 9.85. The maximum Gasteiger partial charge on any atom is 0.159 e. The van der Waals surface area contributed by atoms with Crippen molar-refractivity contribution < 1.29 is 13.9 Å². The van der Waals surface area contributed by atoms with E-state index in [1.54, 1.807) is 0 Å². The molecule has 3 heterocycles. The first-order valence-corrected chi connectivity index (χ1v) is 49.0. The number of furan rings is 1. The average Bonchev–Trinajstić information content (AvgIpc) is 1.27. The maximum atomic E-state index is 7.09. The lowest BCUT2D eigenvalue weighted by molar-refractivity contribution is 0.486. The van der Waals surface area contributed by atoms with Crippen LogP contribution in [0.4, 0.5) is 68.2 Å². The zero-order chi connectivity index (χ0) is 95.3. The Morgan fingerprint density at radius 1 is 0.154 bits per heavy atom. The molecule has 0 saturated heterocycles. The highest BCUT2D eigenvalue weighted by molar-refractivity contribution is 6.28. The zero-order valence-corrected chi connectivity index (χ0v) is 79.4. The topological polar surface area (TPSA) is 44.6 Å². The molecule has 1 aromatic heterocycles. The van der Waals surface area contributed by atoms with E-state index in [2.05, 4.69) is 533 Å². The van der Waals surface area contributed by atoms with E-state index >= 15 is 0 Å². The van der Waals surface area contributed by atoms with Gasteiger partial charge >= 0.3 is 0 Å². The molecule has 0 unspecified atom stereocenters. The van der Waals surface area contributed by atoms with Crippen molar-refractivity contribution in [2.24, 2.45) is 0 Å². The third-order valence-corrected chi connectivity index (χ3v) is 28.6. The molecule has 143 heavy (non-hydrogen) atoms. The van der Waals surface area contributed by atoms with Crippen LogP contribution in [0, 0.1) is 27.7 Å². The van der Waals surface area contributed by atoms with Crippen molar-refractivity contribution in [2.75, 3.05) is 19.6 Å². The first kappa shape index (κ1) is 84.9. The first-order chi connectivity index (χ1) is 70.6. The third kappa shape index (κ3) is 15.1. The Kier molecular flexibility index (Phi) is 21.1. The summed E-state index contributed by atoms with van der Waals surface area (Å²) in [5, 5.41) is 16.6. The number of anilines is 12. The van der Waals surface area contributed by atoms with E-state index in [1.807, 2.05) is 12.1 Å². The van der Waals surface area contributed by atoms with Gasteiger partial charge in [0.15, 0.2) is 5.58 Å². The standard InChI is InChI=1S/C68H46N2O2.C68H48N2O/c1-43-29-35-52-56(46-30-32-49(33-31-46)69(47-19-8-4-9-20-47)62-26-14-12-23-51(62)45-17-6-3-7-18-45)41-59-58(57(52)37-43)42-61-54-36-34-50(40-65(54)71-66-39-44(2)38-60(59)67(61)66)70(48-21-10-5-11-22-48)63-27-16-25-55-53-24-13-15-28-64(53)72-68(55)63;1-45-31-37-56-58(49-32-34-52(35-33-49)69(50-23-11-5-12-24-50)64-29-17-15-27-54(64)47-19-7-3-8-20-47)43-61-60(59(56)39-45)44-63-57-38-36-53(42-66(57)71-67-41-46(2)40-62(61)68(63)67)70(51-25-13-6-14-26-51)65-30-18-16-28-55(65)48-21-9-4-10-22-48/h3-42H,1-2H3;3-44H,1-2H3. The fourth-order valence-corrected chi connectivity index (χ4v) is 22.1. The van der Waals surface area contributed by atoms with Gasteiger partial charge in [-0.15, -0.1) is 0 Å². The summed E-state index contributed by atoms with van der Waals surface area (Å²) in [6.45, 7) is 8.75. The molecule has 676 valence electrons. The molecule has 7 nitrogen and oxygen atoms in total. The second kappa shape index (κ2) is 35.5. The molecule has 2 aliphatic heterocycles. The third-order valence-electron chi connectivity index (χ3n) is 28.6. The molecule has 0 N–H and O–H groups in total. The largest absolute Gasteiger partial charge is 0.456 e. The van der Waals surface area contributed by atoms with Gasteiger partial charge in [0.25, 0.3) is 0 Å². The van der Waals surface area contributed by atoms with Crippen molar-refractivity contribution in [3.63, 3.8) is 0 Å². The van der Waals surface area contributed by atoms with Crippen LogP contribution in [0.15, 0.2) is 502 Å². The van der Waals surface area contributed by atoms with Crippen molar-refractivity contribution in [2.45, 2.75) is 27.7 Å². The molecule has 0 radical (unpaired) electrons. The summed E-state index contributed by atoms with van der Waals surface area (Å²) in [5.74, 6) is 3.40. The molecule has 27 rings (SSSR count). The van der Waals surface area contributed by atoms with Gasteiger partial charge in [-0.1, -0.05) is 333 Å². The van der Waals surface area contributed by atoms with E-state index in [0.29, 0.717) is 0 Å². The Balaban J connectivity index is 0.000000146. The van der Waals surface area contributed by atoms with E-state index < -0.39 is 0 Å². The number of hydrogen-bond acceptors (Lipinski definition) is 7. The Bertz CT molecular complexity index is 9300. The summed E-state index contributed by atoms with van der Waals surface area (Å²) in [5.41, 5.74) is 35.5. The van der Waals surface area contributed by atoms with Gasteiger partial charge in [0.2, 0.25) is 0 Å². The van der Waals surface area contributed by atoms with Gasteiger partial charge in [-0.05, 0) is 307 Å². The van der Waals surface area contributed by atoms with Crippen LogP contribution in [0.2, 0.25) is 0 Å². The number of ether oxygens (including phenoxy) is 2. The molecule has 0 atom stereocenters. The van der Waals surface area contributed by atoms with Crippen LogP contribution < -0.4 is 29.1 Å². The number of benzene rings is 24. The number of rotatable bonds is 17. The number of para-hydroxylation sites is 9. The van der Waals surface area contributed by atoms with Crippen LogP contribution in [-0.4, -0.2) is 0 Å². The van der Waals surface area contributed by atoms with Crippen LogP contribution in [0.3, 0.4) is 0 Å². The van der Waals surface area contributed by atoms with Crippen molar-refractivity contribution >= 4 is 155 Å². The predicted molar refractivity (Wildman–Crippen MR) is 601 cm³/mol. The summed E-state index contributed by atoms with van der Waals surface area (Å²) >= 11 is 0. The number of nitrogens with zero attached hydrogens (tertiary/aromatic N) is 4. The lowest BCUT2D eigenvalue weighted by Gasteiger charge is -2.30. The van der Waals surface area contributed by atoms with Crippen LogP contribution in [-0.2, 0) is 0 Å². The van der Waals surface area contributed by atoms with Crippen molar-refractivity contribution in [3.05, 3.63) is 520 Å². The molecule has 25 aromatic rings. The van der Waals surface area contributed by atoms with E-state index in [-0.39, 0.29) is 0 Å². The summed E-state index contributed by atoms with van der Waals surface area (Å²) in [6, 6.07) is 179. The van der Waals surface area contributed by atoms with E-state index in [4.69, 9.17) is 13.9 Å². The highest BCUT2D eigenvalue weighted by Crippen LogP contribution is 2.58. The van der Waals surface area contributed by atoms with Crippen LogP contribution in [0.25, 0.3) is 164 Å². The molecule has 0 spiro atoms. The molecular formula is C136H94N4O3. The Morgan fingerprint density at radius 3 is 0.853 bits per heavy atom. The van der Waals surface area contributed by atoms with E-state index in [0.717, 1.165) is 163 Å². The van der Waals surface area contributed by atoms with Crippen LogP contribution in [0.1, 0.15) is 22.3 Å². The smallest absolute Gasteiger partial charge is 0.159 e. The minimum Gasteiger partial charge on any atom is -0.456 e. The van der Waals surface area contributed by atoms with Crippen LogP contribution >= 0.6 is 0 Å². The van der Waals surface area contributed by atoms with E-state index in [1.165, 1.54) is 115 Å². The predicted octanol–water partition coefficient (Wildman–Crippen LogP) is 39.2. The monoisotopic (exact) mass is 1830 g/mol. The summed E-state index contributed by atoms with van der Waals surface area (Å²) in [4.78, 5) is 9.37.